The van der Waals surface area contributed by atoms with Crippen LogP contribution in [0.3, 0.4) is 0 Å². The van der Waals surface area contributed by atoms with Crippen molar-refractivity contribution in [3.8, 4) is 0 Å². The monoisotopic (exact) mass is 276 g/mol. The number of ketones is 1. The van der Waals surface area contributed by atoms with Crippen LogP contribution < -0.4 is 0 Å². The predicted octanol–water partition coefficient (Wildman–Crippen LogP) is 5.23. The number of hydrogen-bond donors (Lipinski definition) is 0. The fourth-order valence-corrected chi connectivity index (χ4v) is 5.91. The molecule has 5 unspecified atom stereocenters. The van der Waals surface area contributed by atoms with E-state index in [0.29, 0.717) is 11.2 Å². The number of carbonyl (C=O) groups is 1. The molecule has 0 heterocycles. The first kappa shape index (κ1) is 14.6. The van der Waals surface area contributed by atoms with Gasteiger partial charge in [0.05, 0.1) is 0 Å². The molecule has 114 valence electrons. The summed E-state index contributed by atoms with van der Waals surface area (Å²) in [5.74, 6) is 5.03. The summed E-state index contributed by atoms with van der Waals surface area (Å²) in [6, 6.07) is 0. The maximum absolute atomic E-state index is 11.7. The van der Waals surface area contributed by atoms with Gasteiger partial charge in [-0.25, -0.2) is 0 Å². The van der Waals surface area contributed by atoms with Crippen molar-refractivity contribution in [1.29, 1.82) is 0 Å². The molecule has 20 heavy (non-hydrogen) atoms. The molecule has 0 amide bonds. The fourth-order valence-electron chi connectivity index (χ4n) is 5.91. The van der Waals surface area contributed by atoms with Gasteiger partial charge >= 0.3 is 0 Å². The Morgan fingerprint density at radius 2 is 1.85 bits per heavy atom. The Morgan fingerprint density at radius 1 is 1.10 bits per heavy atom. The van der Waals surface area contributed by atoms with Gasteiger partial charge in [-0.2, -0.15) is 0 Å². The van der Waals surface area contributed by atoms with E-state index >= 15 is 0 Å². The topological polar surface area (TPSA) is 17.1 Å². The number of Topliss-reactive ketones (excluding diaryl/α,β-unsaturated/α-hetero) is 1. The normalized spacial score (nSPS) is 43.8. The Balaban J connectivity index is 1.75. The van der Waals surface area contributed by atoms with Crippen molar-refractivity contribution in [3.05, 3.63) is 0 Å². The molecule has 3 aliphatic carbocycles. The molecular formula is C19H32O. The molecule has 0 bridgehead atoms. The third kappa shape index (κ3) is 2.57. The predicted molar refractivity (Wildman–Crippen MR) is 83.5 cm³/mol. The fraction of sp³-hybridized carbons (Fsp3) is 0.947. The van der Waals surface area contributed by atoms with E-state index in [1.807, 2.05) is 0 Å². The second-order valence-electron chi connectivity index (χ2n) is 8.62. The Hall–Kier alpha value is -0.330. The van der Waals surface area contributed by atoms with Gasteiger partial charge in [-0.05, 0) is 67.1 Å². The van der Waals surface area contributed by atoms with E-state index in [9.17, 15) is 4.79 Å². The third-order valence-electron chi connectivity index (χ3n) is 7.01. The van der Waals surface area contributed by atoms with Crippen molar-refractivity contribution in [2.45, 2.75) is 78.6 Å². The van der Waals surface area contributed by atoms with Gasteiger partial charge in [0, 0.05) is 12.8 Å². The zero-order valence-corrected chi connectivity index (χ0v) is 13.7. The van der Waals surface area contributed by atoms with Gasteiger partial charge in [-0.1, -0.05) is 33.6 Å². The summed E-state index contributed by atoms with van der Waals surface area (Å²) in [7, 11) is 0. The van der Waals surface area contributed by atoms with Crippen LogP contribution in [0, 0.1) is 35.0 Å². The Morgan fingerprint density at radius 3 is 2.60 bits per heavy atom. The number of rotatable bonds is 2. The number of hydrogen-bond acceptors (Lipinski definition) is 1. The Labute approximate surface area is 124 Å². The van der Waals surface area contributed by atoms with Crippen LogP contribution >= 0.6 is 0 Å². The molecule has 3 fully saturated rings. The summed E-state index contributed by atoms with van der Waals surface area (Å²) in [5, 5.41) is 0. The molecule has 0 radical (unpaired) electrons. The highest BCUT2D eigenvalue weighted by atomic mass is 16.1. The molecular weight excluding hydrogens is 244 g/mol. The van der Waals surface area contributed by atoms with Crippen LogP contribution in [-0.4, -0.2) is 5.78 Å². The Kier molecular flexibility index (Phi) is 3.99. The second-order valence-corrected chi connectivity index (χ2v) is 8.62. The molecule has 3 saturated carbocycles. The van der Waals surface area contributed by atoms with E-state index in [0.717, 1.165) is 42.4 Å². The van der Waals surface area contributed by atoms with Crippen molar-refractivity contribution in [2.24, 2.45) is 35.0 Å². The molecule has 3 rings (SSSR count). The van der Waals surface area contributed by atoms with E-state index in [4.69, 9.17) is 0 Å². The minimum atomic E-state index is 0.528. The summed E-state index contributed by atoms with van der Waals surface area (Å²) >= 11 is 0. The average Bonchev–Trinajstić information content (AvgIpc) is 2.39. The highest BCUT2D eigenvalue weighted by Gasteiger charge is 2.48. The third-order valence-corrected chi connectivity index (χ3v) is 7.01. The van der Waals surface area contributed by atoms with Crippen LogP contribution in [0.1, 0.15) is 78.6 Å². The number of fused-ring (bicyclic) bond motifs is 3. The zero-order valence-electron chi connectivity index (χ0n) is 13.7. The summed E-state index contributed by atoms with van der Waals surface area (Å²) in [6.07, 6.45) is 11.4. The van der Waals surface area contributed by atoms with Gasteiger partial charge in [0.15, 0.2) is 0 Å². The molecule has 1 nitrogen and oxygen atoms in total. The molecule has 3 aliphatic rings. The zero-order chi connectivity index (χ0) is 14.3. The Bertz CT molecular complexity index is 370. The minimum absolute atomic E-state index is 0.528. The molecule has 0 N–H and O–H groups in total. The first-order valence-corrected chi connectivity index (χ1v) is 9.03. The number of carbonyl (C=O) groups excluding carboxylic acids is 1. The van der Waals surface area contributed by atoms with Gasteiger partial charge in [0.1, 0.15) is 5.78 Å². The van der Waals surface area contributed by atoms with Crippen LogP contribution in [0.2, 0.25) is 0 Å². The quantitative estimate of drug-likeness (QED) is 0.674. The van der Waals surface area contributed by atoms with E-state index < -0.39 is 0 Å². The second kappa shape index (κ2) is 5.46. The molecule has 0 aromatic carbocycles. The van der Waals surface area contributed by atoms with E-state index in [1.165, 1.54) is 44.9 Å². The van der Waals surface area contributed by atoms with Crippen LogP contribution in [-0.2, 0) is 4.79 Å². The largest absolute Gasteiger partial charge is 0.300 e. The van der Waals surface area contributed by atoms with E-state index in [1.54, 1.807) is 0 Å². The van der Waals surface area contributed by atoms with Crippen molar-refractivity contribution in [3.63, 3.8) is 0 Å². The average molecular weight is 276 g/mol. The summed E-state index contributed by atoms with van der Waals surface area (Å²) in [6.45, 7) is 7.37. The van der Waals surface area contributed by atoms with Crippen LogP contribution in [0.4, 0.5) is 0 Å². The highest BCUT2D eigenvalue weighted by Crippen LogP contribution is 2.57. The molecule has 0 spiro atoms. The first-order valence-electron chi connectivity index (χ1n) is 9.03. The molecule has 1 heteroatoms. The molecule has 0 aliphatic heterocycles. The van der Waals surface area contributed by atoms with Gasteiger partial charge in [-0.15, -0.1) is 0 Å². The van der Waals surface area contributed by atoms with Crippen molar-refractivity contribution >= 4 is 5.78 Å². The van der Waals surface area contributed by atoms with Crippen LogP contribution in [0.25, 0.3) is 0 Å². The van der Waals surface area contributed by atoms with E-state index in [2.05, 4.69) is 20.8 Å². The lowest BCUT2D eigenvalue weighted by atomic mass is 9.51. The first-order chi connectivity index (χ1) is 9.51. The molecule has 5 atom stereocenters. The molecule has 0 aromatic rings. The SMILES string of the molecule is CCCC1CC2CCC3CC(=O)CCC3C2CC1(C)C. The maximum Gasteiger partial charge on any atom is 0.133 e. The molecule has 0 saturated heterocycles. The lowest BCUT2D eigenvalue weighted by molar-refractivity contribution is -0.126. The smallest absolute Gasteiger partial charge is 0.133 e. The summed E-state index contributed by atoms with van der Waals surface area (Å²) in [4.78, 5) is 11.7. The maximum atomic E-state index is 11.7. The van der Waals surface area contributed by atoms with Gasteiger partial charge in [0.2, 0.25) is 0 Å². The minimum Gasteiger partial charge on any atom is -0.300 e. The highest BCUT2D eigenvalue weighted by molar-refractivity contribution is 5.79. The van der Waals surface area contributed by atoms with Gasteiger partial charge < -0.3 is 0 Å². The van der Waals surface area contributed by atoms with Crippen LogP contribution in [0.5, 0.6) is 0 Å². The summed E-state index contributed by atoms with van der Waals surface area (Å²) in [5.41, 5.74) is 0.528. The lowest BCUT2D eigenvalue weighted by Gasteiger charge is -2.54. The van der Waals surface area contributed by atoms with Crippen molar-refractivity contribution < 1.29 is 4.79 Å². The van der Waals surface area contributed by atoms with E-state index in [-0.39, 0.29) is 0 Å². The lowest BCUT2D eigenvalue weighted by Crippen LogP contribution is -2.46. The van der Waals surface area contributed by atoms with Crippen molar-refractivity contribution in [1.82, 2.24) is 0 Å². The van der Waals surface area contributed by atoms with Gasteiger partial charge in [0.25, 0.3) is 0 Å². The van der Waals surface area contributed by atoms with Crippen molar-refractivity contribution in [2.75, 3.05) is 0 Å². The molecule has 0 aromatic heterocycles. The summed E-state index contributed by atoms with van der Waals surface area (Å²) < 4.78 is 0. The van der Waals surface area contributed by atoms with Crippen LogP contribution in [0.15, 0.2) is 0 Å². The standard InChI is InChI=1S/C19H32O/c1-4-5-15-10-13-6-7-14-11-16(20)8-9-17(14)18(13)12-19(15,2)3/h13-15,17-18H,4-12H2,1-3H3. The van der Waals surface area contributed by atoms with Gasteiger partial charge in [-0.3, -0.25) is 4.79 Å².